The van der Waals surface area contributed by atoms with Gasteiger partial charge in [0.25, 0.3) is 11.8 Å². The molecule has 0 bridgehead atoms. The van der Waals surface area contributed by atoms with Crippen molar-refractivity contribution in [1.82, 2.24) is 10.6 Å². The van der Waals surface area contributed by atoms with Crippen molar-refractivity contribution in [1.29, 1.82) is 0 Å². The van der Waals surface area contributed by atoms with E-state index in [0.29, 0.717) is 5.56 Å². The van der Waals surface area contributed by atoms with Crippen molar-refractivity contribution in [3.05, 3.63) is 98.4 Å². The second kappa shape index (κ2) is 9.55. The van der Waals surface area contributed by atoms with Crippen LogP contribution in [0.25, 0.3) is 6.08 Å². The number of hydrogen-bond acceptors (Lipinski definition) is 3. The van der Waals surface area contributed by atoms with Gasteiger partial charge >= 0.3 is 0 Å². The zero-order valence-corrected chi connectivity index (χ0v) is 18.5. The van der Waals surface area contributed by atoms with Crippen molar-refractivity contribution >= 4 is 29.2 Å². The fraction of sp³-hybridized carbons (Fsp3) is 0.200. The number of thiophene rings is 1. The summed E-state index contributed by atoms with van der Waals surface area (Å²) in [7, 11) is 0. The number of hydrogen-bond donors (Lipinski definition) is 2. The molecule has 2 N–H and O–H groups in total. The topological polar surface area (TPSA) is 58.2 Å². The summed E-state index contributed by atoms with van der Waals surface area (Å²) in [5.74, 6) is -0.634. The monoisotopic (exact) mass is 418 g/mol. The van der Waals surface area contributed by atoms with Crippen LogP contribution in [0.15, 0.2) is 65.7 Å². The molecular weight excluding hydrogens is 392 g/mol. The van der Waals surface area contributed by atoms with Crippen molar-refractivity contribution in [3.63, 3.8) is 0 Å². The Morgan fingerprint density at radius 3 is 2.43 bits per heavy atom. The third kappa shape index (κ3) is 5.45. The quantitative estimate of drug-likeness (QED) is 0.532. The van der Waals surface area contributed by atoms with Crippen LogP contribution in [-0.4, -0.2) is 11.8 Å². The lowest BCUT2D eigenvalue weighted by atomic mass is 10.0. The molecule has 1 atom stereocenters. The highest BCUT2D eigenvalue weighted by molar-refractivity contribution is 7.10. The molecule has 1 heterocycles. The van der Waals surface area contributed by atoms with E-state index < -0.39 is 0 Å². The van der Waals surface area contributed by atoms with Gasteiger partial charge < -0.3 is 10.6 Å². The molecule has 3 aromatic rings. The molecule has 3 rings (SSSR count). The summed E-state index contributed by atoms with van der Waals surface area (Å²) < 4.78 is 0. The lowest BCUT2D eigenvalue weighted by Crippen LogP contribution is -2.36. The number of aryl methyl sites for hydroxylation is 3. The minimum atomic E-state index is -0.324. The van der Waals surface area contributed by atoms with Crippen LogP contribution in [0, 0.1) is 20.8 Å². The van der Waals surface area contributed by atoms with Gasteiger partial charge in [-0.1, -0.05) is 42.0 Å². The Kier molecular flexibility index (Phi) is 6.85. The SMILES string of the molecule is Cc1cccc(C(=O)N/C(=C\c2cccs2)C(=O)N[C@H](C)c2ccc(C)c(C)c2)c1. The number of rotatable bonds is 6. The molecule has 30 heavy (non-hydrogen) atoms. The second-order valence-electron chi connectivity index (χ2n) is 7.44. The second-order valence-corrected chi connectivity index (χ2v) is 8.42. The van der Waals surface area contributed by atoms with E-state index in [1.807, 2.05) is 49.6 Å². The minimum Gasteiger partial charge on any atom is -0.344 e. The van der Waals surface area contributed by atoms with Crippen molar-refractivity contribution in [2.45, 2.75) is 33.7 Å². The molecule has 0 unspecified atom stereocenters. The Labute approximate surface area is 181 Å². The molecule has 0 aliphatic carbocycles. The Hall–Kier alpha value is -3.18. The first-order valence-corrected chi connectivity index (χ1v) is 10.7. The average Bonchev–Trinajstić information content (AvgIpc) is 3.22. The van der Waals surface area contributed by atoms with Crippen LogP contribution < -0.4 is 10.6 Å². The summed E-state index contributed by atoms with van der Waals surface area (Å²) in [6.45, 7) is 7.98. The summed E-state index contributed by atoms with van der Waals surface area (Å²) in [6.07, 6.45) is 1.71. The van der Waals surface area contributed by atoms with Gasteiger partial charge in [-0.25, -0.2) is 0 Å². The zero-order chi connectivity index (χ0) is 21.7. The normalized spacial score (nSPS) is 12.3. The van der Waals surface area contributed by atoms with Gasteiger partial charge in [0.05, 0.1) is 6.04 Å². The van der Waals surface area contributed by atoms with Gasteiger partial charge in [0.15, 0.2) is 0 Å². The zero-order valence-electron chi connectivity index (χ0n) is 17.7. The van der Waals surface area contributed by atoms with Crippen LogP contribution in [0.2, 0.25) is 0 Å². The fourth-order valence-electron chi connectivity index (χ4n) is 3.05. The number of benzene rings is 2. The van der Waals surface area contributed by atoms with Crippen LogP contribution in [0.1, 0.15) is 50.5 Å². The van der Waals surface area contributed by atoms with Crippen molar-refractivity contribution in [2.24, 2.45) is 0 Å². The van der Waals surface area contributed by atoms with Crippen LogP contribution in [0.5, 0.6) is 0 Å². The van der Waals surface area contributed by atoms with E-state index in [9.17, 15) is 9.59 Å². The molecule has 0 fully saturated rings. The minimum absolute atomic E-state index is 0.195. The summed E-state index contributed by atoms with van der Waals surface area (Å²) in [5.41, 5.74) is 5.13. The Morgan fingerprint density at radius 1 is 0.967 bits per heavy atom. The molecule has 154 valence electrons. The number of carbonyl (C=O) groups is 2. The molecule has 4 nitrogen and oxygen atoms in total. The smallest absolute Gasteiger partial charge is 0.268 e. The van der Waals surface area contributed by atoms with Gasteiger partial charge in [-0.15, -0.1) is 11.3 Å². The number of carbonyl (C=O) groups excluding carboxylic acids is 2. The van der Waals surface area contributed by atoms with Crippen molar-refractivity contribution < 1.29 is 9.59 Å². The van der Waals surface area contributed by atoms with E-state index in [-0.39, 0.29) is 23.6 Å². The maximum absolute atomic E-state index is 13.0. The average molecular weight is 419 g/mol. The van der Waals surface area contributed by atoms with Gasteiger partial charge in [0.2, 0.25) is 0 Å². The summed E-state index contributed by atoms with van der Waals surface area (Å²) in [5, 5.41) is 7.73. The fourth-order valence-corrected chi connectivity index (χ4v) is 3.70. The lowest BCUT2D eigenvalue weighted by Gasteiger charge is -2.17. The van der Waals surface area contributed by atoms with E-state index in [1.54, 1.807) is 18.2 Å². The molecule has 5 heteroatoms. The van der Waals surface area contributed by atoms with E-state index in [0.717, 1.165) is 16.0 Å². The Balaban J connectivity index is 1.82. The van der Waals surface area contributed by atoms with Crippen molar-refractivity contribution in [3.8, 4) is 0 Å². The summed E-state index contributed by atoms with van der Waals surface area (Å²) in [6, 6.07) is 17.1. The molecule has 0 spiro atoms. The third-order valence-electron chi connectivity index (χ3n) is 4.98. The first kappa shape index (κ1) is 21.5. The Morgan fingerprint density at radius 2 is 1.77 bits per heavy atom. The van der Waals surface area contributed by atoms with Crippen LogP contribution in [0.3, 0.4) is 0 Å². The molecule has 0 aliphatic heterocycles. The third-order valence-corrected chi connectivity index (χ3v) is 5.80. The number of nitrogens with one attached hydrogen (secondary N) is 2. The highest BCUT2D eigenvalue weighted by Crippen LogP contribution is 2.18. The highest BCUT2D eigenvalue weighted by atomic mass is 32.1. The molecule has 0 saturated heterocycles. The summed E-state index contributed by atoms with van der Waals surface area (Å²) in [4.78, 5) is 26.7. The molecule has 0 aliphatic rings. The highest BCUT2D eigenvalue weighted by Gasteiger charge is 2.18. The Bertz CT molecular complexity index is 1080. The van der Waals surface area contributed by atoms with Gasteiger partial charge in [-0.2, -0.15) is 0 Å². The van der Waals surface area contributed by atoms with Crippen LogP contribution >= 0.6 is 11.3 Å². The lowest BCUT2D eigenvalue weighted by molar-refractivity contribution is -0.118. The van der Waals surface area contributed by atoms with Crippen LogP contribution in [0.4, 0.5) is 0 Å². The van der Waals surface area contributed by atoms with Gasteiger partial charge in [0.1, 0.15) is 5.70 Å². The summed E-state index contributed by atoms with van der Waals surface area (Å²) >= 11 is 1.51. The first-order valence-electron chi connectivity index (χ1n) is 9.84. The predicted octanol–water partition coefficient (Wildman–Crippen LogP) is 5.32. The van der Waals surface area contributed by atoms with E-state index >= 15 is 0 Å². The first-order chi connectivity index (χ1) is 14.3. The van der Waals surface area contributed by atoms with E-state index in [1.165, 1.54) is 22.5 Å². The predicted molar refractivity (Wildman–Crippen MR) is 123 cm³/mol. The van der Waals surface area contributed by atoms with Gasteiger partial charge in [-0.3, -0.25) is 9.59 Å². The largest absolute Gasteiger partial charge is 0.344 e. The van der Waals surface area contributed by atoms with E-state index in [2.05, 4.69) is 36.6 Å². The van der Waals surface area contributed by atoms with E-state index in [4.69, 9.17) is 0 Å². The molecule has 1 aromatic heterocycles. The standard InChI is InChI=1S/C25H26N2O2S/c1-16-7-5-8-21(13-16)24(28)27-23(15-22-9-6-12-30-22)25(29)26-19(4)20-11-10-17(2)18(3)14-20/h5-15,19H,1-4H3,(H,26,29)(H,27,28)/b23-15-/t19-/m1/s1. The maximum Gasteiger partial charge on any atom is 0.268 e. The van der Waals surface area contributed by atoms with Crippen molar-refractivity contribution in [2.75, 3.05) is 0 Å². The maximum atomic E-state index is 13.0. The van der Waals surface area contributed by atoms with Crippen LogP contribution in [-0.2, 0) is 4.79 Å². The van der Waals surface area contributed by atoms with Gasteiger partial charge in [0, 0.05) is 10.4 Å². The van der Waals surface area contributed by atoms with Gasteiger partial charge in [-0.05, 0) is 74.0 Å². The molecular formula is C25H26N2O2S. The molecule has 2 aromatic carbocycles. The molecule has 0 radical (unpaired) electrons. The molecule has 2 amide bonds. The molecule has 0 saturated carbocycles. The number of amides is 2.